The van der Waals surface area contributed by atoms with Crippen LogP contribution in [0.1, 0.15) is 40.0 Å². The first-order valence-corrected chi connectivity index (χ1v) is 7.01. The number of carbonyl (C=O) groups excluding carboxylic acids is 2. The maximum atomic E-state index is 12.0. The maximum Gasteiger partial charge on any atom is 0.312 e. The number of hydrogen-bond donors (Lipinski definition) is 0. The molecule has 4 heteroatoms. The quantitative estimate of drug-likeness (QED) is 0.624. The Morgan fingerprint density at radius 2 is 2.05 bits per heavy atom. The van der Waals surface area contributed by atoms with Crippen molar-refractivity contribution in [2.45, 2.75) is 57.3 Å². The molecule has 0 aromatic heterocycles. The first kappa shape index (κ1) is 11.6. The van der Waals surface area contributed by atoms with Gasteiger partial charge in [0.05, 0.1) is 11.5 Å². The Kier molecular flexibility index (Phi) is 1.91. The molecule has 3 saturated heterocycles. The number of carbonyl (C=O) groups is 2. The van der Waals surface area contributed by atoms with Crippen molar-refractivity contribution in [3.05, 3.63) is 11.1 Å². The second kappa shape index (κ2) is 3.11. The second-order valence-electron chi connectivity index (χ2n) is 6.73. The van der Waals surface area contributed by atoms with Crippen LogP contribution in [0.5, 0.6) is 0 Å². The Labute approximate surface area is 112 Å². The Balaban J connectivity index is 1.87. The van der Waals surface area contributed by atoms with E-state index in [2.05, 4.69) is 6.92 Å². The molecule has 19 heavy (non-hydrogen) atoms. The Hall–Kier alpha value is -1.16. The minimum atomic E-state index is -0.524. The van der Waals surface area contributed by atoms with Crippen molar-refractivity contribution in [1.29, 1.82) is 0 Å². The van der Waals surface area contributed by atoms with Gasteiger partial charge in [-0.2, -0.15) is 0 Å². The Morgan fingerprint density at radius 1 is 1.32 bits per heavy atom. The number of Topliss-reactive ketones (excluding diaryl/α,β-unsaturated/α-hetero) is 1. The van der Waals surface area contributed by atoms with Gasteiger partial charge in [-0.15, -0.1) is 0 Å². The fraction of sp³-hybridized carbons (Fsp3) is 0.733. The molecule has 3 heterocycles. The fourth-order valence-corrected chi connectivity index (χ4v) is 4.59. The highest BCUT2D eigenvalue weighted by molar-refractivity contribution is 5.99. The van der Waals surface area contributed by atoms with Crippen molar-refractivity contribution in [2.75, 3.05) is 0 Å². The van der Waals surface area contributed by atoms with Gasteiger partial charge in [0.1, 0.15) is 11.7 Å². The van der Waals surface area contributed by atoms with Gasteiger partial charge in [-0.3, -0.25) is 9.59 Å². The lowest BCUT2D eigenvalue weighted by Gasteiger charge is -2.43. The minimum Gasteiger partial charge on any atom is -0.459 e. The normalized spacial score (nSPS) is 51.4. The van der Waals surface area contributed by atoms with Gasteiger partial charge in [-0.1, -0.05) is 5.57 Å². The number of hydrogen-bond acceptors (Lipinski definition) is 4. The summed E-state index contributed by atoms with van der Waals surface area (Å²) < 4.78 is 11.9. The predicted octanol–water partition coefficient (Wildman–Crippen LogP) is 1.77. The molecule has 0 aromatic rings. The third kappa shape index (κ3) is 1.15. The zero-order chi connectivity index (χ0) is 13.6. The van der Waals surface area contributed by atoms with Gasteiger partial charge in [0.2, 0.25) is 0 Å². The molecule has 0 radical (unpaired) electrons. The summed E-state index contributed by atoms with van der Waals surface area (Å²) in [5.41, 5.74) is 1.24. The van der Waals surface area contributed by atoms with Crippen LogP contribution < -0.4 is 0 Å². The highest BCUT2D eigenvalue weighted by Crippen LogP contribution is 2.62. The molecule has 0 amide bonds. The number of esters is 1. The third-order valence-electron chi connectivity index (χ3n) is 5.82. The van der Waals surface area contributed by atoms with Gasteiger partial charge in [-0.25, -0.2) is 0 Å². The molecule has 4 rings (SSSR count). The fourth-order valence-electron chi connectivity index (χ4n) is 4.59. The van der Waals surface area contributed by atoms with Crippen LogP contribution >= 0.6 is 0 Å². The predicted molar refractivity (Wildman–Crippen MR) is 66.3 cm³/mol. The summed E-state index contributed by atoms with van der Waals surface area (Å²) in [6.07, 6.45) is 1.82. The van der Waals surface area contributed by atoms with Crippen LogP contribution in [0.15, 0.2) is 11.1 Å². The van der Waals surface area contributed by atoms with Crippen molar-refractivity contribution in [2.24, 2.45) is 11.8 Å². The topological polar surface area (TPSA) is 52.6 Å². The summed E-state index contributed by atoms with van der Waals surface area (Å²) in [4.78, 5) is 23.8. The molecule has 4 aliphatic rings. The van der Waals surface area contributed by atoms with E-state index in [1.807, 2.05) is 13.8 Å². The van der Waals surface area contributed by atoms with E-state index in [-0.39, 0.29) is 35.3 Å². The molecular formula is C15H18O4. The van der Waals surface area contributed by atoms with Crippen LogP contribution in [-0.2, 0) is 19.1 Å². The molecule has 0 saturated carbocycles. The van der Waals surface area contributed by atoms with Crippen LogP contribution in [0.3, 0.4) is 0 Å². The first-order chi connectivity index (χ1) is 8.87. The van der Waals surface area contributed by atoms with Gasteiger partial charge in [-0.05, 0) is 26.3 Å². The highest BCUT2D eigenvalue weighted by atomic mass is 16.6. The smallest absolute Gasteiger partial charge is 0.312 e. The van der Waals surface area contributed by atoms with Gasteiger partial charge >= 0.3 is 5.97 Å². The van der Waals surface area contributed by atoms with Crippen molar-refractivity contribution in [3.63, 3.8) is 0 Å². The summed E-state index contributed by atoms with van der Waals surface area (Å²) in [6, 6.07) is 0. The Morgan fingerprint density at radius 3 is 2.79 bits per heavy atom. The molecule has 5 atom stereocenters. The first-order valence-electron chi connectivity index (χ1n) is 7.01. The summed E-state index contributed by atoms with van der Waals surface area (Å²) in [6.45, 7) is 5.88. The van der Waals surface area contributed by atoms with E-state index in [1.165, 1.54) is 5.57 Å². The van der Waals surface area contributed by atoms with Gasteiger partial charge in [0.15, 0.2) is 5.78 Å². The average Bonchev–Trinajstić information content (AvgIpc) is 2.84. The van der Waals surface area contributed by atoms with E-state index in [0.717, 1.165) is 12.0 Å². The molecule has 0 unspecified atom stereocenters. The number of rotatable bonds is 0. The monoisotopic (exact) mass is 262 g/mol. The maximum absolute atomic E-state index is 12.0. The summed E-state index contributed by atoms with van der Waals surface area (Å²) >= 11 is 0. The van der Waals surface area contributed by atoms with Gasteiger partial charge < -0.3 is 9.47 Å². The van der Waals surface area contributed by atoms with Crippen LogP contribution in [0.4, 0.5) is 0 Å². The van der Waals surface area contributed by atoms with Crippen molar-refractivity contribution in [3.8, 4) is 0 Å². The second-order valence-corrected chi connectivity index (χ2v) is 6.73. The molecule has 1 spiro atoms. The van der Waals surface area contributed by atoms with E-state index in [0.29, 0.717) is 12.8 Å². The molecule has 0 N–H and O–H groups in total. The molecular weight excluding hydrogens is 244 g/mol. The van der Waals surface area contributed by atoms with E-state index < -0.39 is 5.60 Å². The van der Waals surface area contributed by atoms with Crippen molar-refractivity contribution in [1.82, 2.24) is 0 Å². The standard InChI is InChI=1S/C15H18O4/c1-7-9-5-15-8(2)13(17)18-12(15)6-14(3,19-15)10(9)4-11(7)16/h8,10,12H,4-6H2,1-3H3/t8-,10-,12+,14-,15+/m1/s1. The lowest BCUT2D eigenvalue weighted by atomic mass is 9.77. The highest BCUT2D eigenvalue weighted by Gasteiger charge is 2.70. The molecule has 102 valence electrons. The van der Waals surface area contributed by atoms with E-state index in [4.69, 9.17) is 9.47 Å². The van der Waals surface area contributed by atoms with Gasteiger partial charge in [0.25, 0.3) is 0 Å². The summed E-state index contributed by atoms with van der Waals surface area (Å²) in [7, 11) is 0. The number of ether oxygens (including phenoxy) is 2. The molecule has 3 aliphatic heterocycles. The van der Waals surface area contributed by atoms with Crippen LogP contribution in [-0.4, -0.2) is 29.1 Å². The van der Waals surface area contributed by atoms with Crippen molar-refractivity contribution >= 4 is 11.8 Å². The molecule has 2 bridgehead atoms. The Bertz CT molecular complexity index is 548. The number of fused-ring (bicyclic) bond motifs is 3. The molecule has 0 aromatic carbocycles. The number of ketones is 1. The number of allylic oxidation sites excluding steroid dienone is 1. The lowest BCUT2D eigenvalue weighted by molar-refractivity contribution is -0.161. The summed E-state index contributed by atoms with van der Waals surface area (Å²) in [5.74, 6) is 0.0229. The van der Waals surface area contributed by atoms with Gasteiger partial charge in [0, 0.05) is 25.2 Å². The van der Waals surface area contributed by atoms with Crippen LogP contribution in [0.2, 0.25) is 0 Å². The average molecular weight is 262 g/mol. The van der Waals surface area contributed by atoms with Crippen molar-refractivity contribution < 1.29 is 19.1 Å². The summed E-state index contributed by atoms with van der Waals surface area (Å²) in [5, 5.41) is 0. The zero-order valence-electron chi connectivity index (χ0n) is 11.5. The third-order valence-corrected chi connectivity index (χ3v) is 5.82. The van der Waals surface area contributed by atoms with E-state index in [9.17, 15) is 9.59 Å². The van der Waals surface area contributed by atoms with E-state index in [1.54, 1.807) is 0 Å². The van der Waals surface area contributed by atoms with E-state index >= 15 is 0 Å². The molecule has 1 aliphatic carbocycles. The minimum absolute atomic E-state index is 0.138. The molecule has 3 fully saturated rings. The zero-order valence-corrected chi connectivity index (χ0v) is 11.5. The van der Waals surface area contributed by atoms with Crippen LogP contribution in [0.25, 0.3) is 0 Å². The lowest BCUT2D eigenvalue weighted by Crippen LogP contribution is -2.49. The van der Waals surface area contributed by atoms with Crippen LogP contribution in [0, 0.1) is 11.8 Å². The SMILES string of the molecule is CC1=C2C[C@@]34O[C@](C)(C[C@@H]3OC(=O)[C@H]4C)[C@@H]2CC1=O. The largest absolute Gasteiger partial charge is 0.459 e. The molecule has 4 nitrogen and oxygen atoms in total.